The van der Waals surface area contributed by atoms with E-state index in [1.54, 1.807) is 31.7 Å². The van der Waals surface area contributed by atoms with Crippen LogP contribution in [-0.2, 0) is 33.8 Å². The second kappa shape index (κ2) is 14.5. The number of piperidine rings is 1. The van der Waals surface area contributed by atoms with Gasteiger partial charge in [0, 0.05) is 44.1 Å². The van der Waals surface area contributed by atoms with Crippen LogP contribution in [0.4, 0.5) is 0 Å². The zero-order chi connectivity index (χ0) is 36.7. The molecular formula is C40H63NO7S. The quantitative estimate of drug-likeness (QED) is 0.117. The molecule has 0 spiro atoms. The lowest BCUT2D eigenvalue weighted by atomic mass is 9.70. The van der Waals surface area contributed by atoms with Crippen LogP contribution in [0.5, 0.6) is 0 Å². The van der Waals surface area contributed by atoms with Gasteiger partial charge in [-0.2, -0.15) is 0 Å². The third-order valence-electron chi connectivity index (χ3n) is 12.5. The molecule has 4 aliphatic rings. The summed E-state index contributed by atoms with van der Waals surface area (Å²) in [5.74, 6) is -2.31. The molecule has 0 unspecified atom stereocenters. The first-order chi connectivity index (χ1) is 22.5. The summed E-state index contributed by atoms with van der Waals surface area (Å²) in [7, 11) is -3.46. The molecule has 1 saturated heterocycles. The minimum Gasteiger partial charge on any atom is -0.332 e. The molecule has 1 heterocycles. The van der Waals surface area contributed by atoms with Crippen molar-refractivity contribution in [3.8, 4) is 0 Å². The van der Waals surface area contributed by atoms with Crippen molar-refractivity contribution in [2.24, 2.45) is 45.8 Å². The van der Waals surface area contributed by atoms with Gasteiger partial charge >= 0.3 is 0 Å². The second-order valence-corrected chi connectivity index (χ2v) is 21.6. The molecule has 0 aromatic heterocycles. The number of hydrogen-bond acceptors (Lipinski definition) is 7. The van der Waals surface area contributed by atoms with Crippen LogP contribution in [0, 0.1) is 45.8 Å². The molecule has 3 aliphatic carbocycles. The molecule has 49 heavy (non-hydrogen) atoms. The van der Waals surface area contributed by atoms with E-state index in [-0.39, 0.29) is 66.2 Å². The summed E-state index contributed by atoms with van der Waals surface area (Å²) < 4.78 is 25.8. The van der Waals surface area contributed by atoms with Gasteiger partial charge in [-0.05, 0) is 80.5 Å². The average Bonchev–Trinajstić information content (AvgIpc) is 3.84. The molecule has 3 saturated carbocycles. The predicted octanol–water partition coefficient (Wildman–Crippen LogP) is 7.12. The Labute approximate surface area is 295 Å². The van der Waals surface area contributed by atoms with Crippen LogP contribution in [0.1, 0.15) is 139 Å². The van der Waals surface area contributed by atoms with Crippen molar-refractivity contribution >= 4 is 38.9 Å². The van der Waals surface area contributed by atoms with Crippen molar-refractivity contribution in [3.05, 3.63) is 12.7 Å². The van der Waals surface area contributed by atoms with E-state index in [9.17, 15) is 32.4 Å². The topological polar surface area (TPSA) is 123 Å². The number of carbonyl (C=O) groups excluding carboxylic acids is 5. The molecule has 4 rings (SSSR count). The molecule has 9 heteroatoms. The van der Waals surface area contributed by atoms with E-state index in [0.29, 0.717) is 38.1 Å². The van der Waals surface area contributed by atoms with Gasteiger partial charge in [-0.15, -0.1) is 6.58 Å². The highest BCUT2D eigenvalue weighted by molar-refractivity contribution is 7.92. The number of nitrogens with zero attached hydrogens (tertiary/aromatic N) is 1. The standard InChI is InChI=1S/C40H63NO7S/c1-10-11-15-31(43)35(45)27(20-26-16-17-26)21-32(44)34-33-30(39(33,8)9)24-41(34)36(46)29(37(2,3)4)22-28(42)23-40(18-13-12-14-19-40)25-49(47,48)38(5,6)7/h10,26-27,29-30,33-34H,1,11-25H2,2-9H3/t27-,29-,30+,33+,34-/m1/s1. The van der Waals surface area contributed by atoms with E-state index < -0.39 is 54.9 Å². The Bertz CT molecular complexity index is 1420. The highest BCUT2D eigenvalue weighted by Gasteiger charge is 2.69. The number of fused-ring (bicyclic) bond motifs is 1. The normalized spacial score (nSPS) is 26.0. The summed E-state index contributed by atoms with van der Waals surface area (Å²) in [6.07, 6.45) is 8.86. The van der Waals surface area contributed by atoms with Crippen LogP contribution in [0.25, 0.3) is 0 Å². The van der Waals surface area contributed by atoms with E-state index in [1.807, 2.05) is 20.8 Å². The summed E-state index contributed by atoms with van der Waals surface area (Å²) in [5.41, 5.74) is -1.33. The molecule has 0 bridgehead atoms. The third kappa shape index (κ3) is 9.02. The predicted molar refractivity (Wildman–Crippen MR) is 192 cm³/mol. The summed E-state index contributed by atoms with van der Waals surface area (Å²) in [6.45, 7) is 19.3. The smallest absolute Gasteiger partial charge is 0.227 e. The van der Waals surface area contributed by atoms with Crippen LogP contribution >= 0.6 is 0 Å². The highest BCUT2D eigenvalue weighted by atomic mass is 32.2. The fraction of sp³-hybridized carbons (Fsp3) is 0.825. The number of ketones is 4. The monoisotopic (exact) mass is 701 g/mol. The Morgan fingerprint density at radius 1 is 0.939 bits per heavy atom. The SMILES string of the molecule is C=CCCC(=O)C(=O)[C@@H](CC(=O)[C@@H]1[C@@H]2[C@H](CN1C(=O)[C@@H](CC(=O)CC1(CS(=O)(=O)C(C)(C)C)CCCCC1)C(C)(C)C)C2(C)C)CC1CC1. The Hall–Kier alpha value is -2.16. The van der Waals surface area contributed by atoms with Crippen molar-refractivity contribution in [1.29, 1.82) is 0 Å². The van der Waals surface area contributed by atoms with Crippen LogP contribution in [0.15, 0.2) is 12.7 Å². The fourth-order valence-electron chi connectivity index (χ4n) is 8.85. The summed E-state index contributed by atoms with van der Waals surface area (Å²) >= 11 is 0. The average molecular weight is 702 g/mol. The van der Waals surface area contributed by atoms with Crippen LogP contribution < -0.4 is 0 Å². The molecule has 1 aliphatic heterocycles. The first-order valence-electron chi connectivity index (χ1n) is 18.8. The van der Waals surface area contributed by atoms with Crippen molar-refractivity contribution in [2.75, 3.05) is 12.3 Å². The summed E-state index contributed by atoms with van der Waals surface area (Å²) in [6, 6.07) is -0.688. The van der Waals surface area contributed by atoms with E-state index in [4.69, 9.17) is 0 Å². The number of sulfone groups is 1. The number of rotatable bonds is 17. The van der Waals surface area contributed by atoms with Gasteiger partial charge in [-0.25, -0.2) is 8.42 Å². The number of amides is 1. The molecule has 0 radical (unpaired) electrons. The van der Waals surface area contributed by atoms with Gasteiger partial charge in [0.05, 0.1) is 16.5 Å². The van der Waals surface area contributed by atoms with Gasteiger partial charge in [0.2, 0.25) is 11.7 Å². The first-order valence-corrected chi connectivity index (χ1v) is 20.4. The van der Waals surface area contributed by atoms with Gasteiger partial charge in [0.25, 0.3) is 0 Å². The highest BCUT2D eigenvalue weighted by Crippen LogP contribution is 2.65. The number of Topliss-reactive ketones (excluding diaryl/α,β-unsaturated/α-hetero) is 4. The van der Waals surface area contributed by atoms with Crippen molar-refractivity contribution in [3.63, 3.8) is 0 Å². The van der Waals surface area contributed by atoms with Crippen LogP contribution in [0.3, 0.4) is 0 Å². The summed E-state index contributed by atoms with van der Waals surface area (Å²) in [5, 5.41) is 0. The minimum absolute atomic E-state index is 0.00359. The maximum Gasteiger partial charge on any atom is 0.227 e. The van der Waals surface area contributed by atoms with Crippen LogP contribution in [0.2, 0.25) is 0 Å². The zero-order valence-corrected chi connectivity index (χ0v) is 32.4. The van der Waals surface area contributed by atoms with Gasteiger partial charge in [0.1, 0.15) is 5.78 Å². The second-order valence-electron chi connectivity index (χ2n) is 18.8. The van der Waals surface area contributed by atoms with Gasteiger partial charge < -0.3 is 4.90 Å². The molecule has 0 aromatic carbocycles. The van der Waals surface area contributed by atoms with Crippen molar-refractivity contribution in [2.45, 2.75) is 150 Å². The Kier molecular flexibility index (Phi) is 11.7. The van der Waals surface area contributed by atoms with Crippen molar-refractivity contribution < 1.29 is 32.4 Å². The molecule has 8 nitrogen and oxygen atoms in total. The molecule has 5 atom stereocenters. The minimum atomic E-state index is -3.46. The maximum absolute atomic E-state index is 14.6. The van der Waals surface area contributed by atoms with Crippen LogP contribution in [-0.4, -0.2) is 65.4 Å². The lowest BCUT2D eigenvalue weighted by Gasteiger charge is -2.40. The Morgan fingerprint density at radius 3 is 2.08 bits per heavy atom. The molecule has 0 aromatic rings. The van der Waals surface area contributed by atoms with Gasteiger partial charge in [-0.3, -0.25) is 24.0 Å². The van der Waals surface area contributed by atoms with E-state index >= 15 is 0 Å². The summed E-state index contributed by atoms with van der Waals surface area (Å²) in [4.78, 5) is 70.6. The molecule has 0 N–H and O–H groups in total. The van der Waals surface area contributed by atoms with E-state index in [2.05, 4.69) is 20.4 Å². The molecule has 1 amide bonds. The number of allylic oxidation sites excluding steroid dienone is 1. The van der Waals surface area contributed by atoms with Crippen molar-refractivity contribution in [1.82, 2.24) is 4.90 Å². The molecule has 276 valence electrons. The third-order valence-corrected chi connectivity index (χ3v) is 15.4. The fourth-order valence-corrected chi connectivity index (χ4v) is 10.5. The maximum atomic E-state index is 14.6. The lowest BCUT2D eigenvalue weighted by molar-refractivity contribution is -0.148. The molecule has 4 fully saturated rings. The van der Waals surface area contributed by atoms with Gasteiger partial charge in [0.15, 0.2) is 21.4 Å². The number of hydrogen-bond donors (Lipinski definition) is 0. The number of likely N-dealkylation sites (tertiary alicyclic amines) is 1. The number of carbonyl (C=O) groups is 5. The lowest BCUT2D eigenvalue weighted by Crippen LogP contribution is -2.51. The van der Waals surface area contributed by atoms with E-state index in [1.165, 1.54) is 0 Å². The first kappa shape index (κ1) is 39.6. The molecular weight excluding hydrogens is 639 g/mol. The zero-order valence-electron chi connectivity index (χ0n) is 31.6. The van der Waals surface area contributed by atoms with E-state index in [0.717, 1.165) is 32.1 Å². The Balaban J connectivity index is 1.55. The van der Waals surface area contributed by atoms with Gasteiger partial charge in [-0.1, -0.05) is 72.8 Å². The largest absolute Gasteiger partial charge is 0.332 e. The Morgan fingerprint density at radius 2 is 1.55 bits per heavy atom.